The summed E-state index contributed by atoms with van der Waals surface area (Å²) in [5, 5.41) is 4.96. The summed E-state index contributed by atoms with van der Waals surface area (Å²) in [6, 6.07) is 0. The van der Waals surface area contributed by atoms with Crippen LogP contribution in [0.25, 0.3) is 11.4 Å². The molecular weight excluding hydrogens is 272 g/mol. The first-order chi connectivity index (χ1) is 9.78. The highest BCUT2D eigenvalue weighted by Gasteiger charge is 2.16. The molecule has 0 bridgehead atoms. The lowest BCUT2D eigenvalue weighted by molar-refractivity contribution is 0.603. The van der Waals surface area contributed by atoms with Gasteiger partial charge in [0.05, 0.1) is 11.8 Å². The van der Waals surface area contributed by atoms with Crippen LogP contribution in [0.15, 0.2) is 12.4 Å². The summed E-state index contributed by atoms with van der Waals surface area (Å²) in [4.78, 5) is 9.20. The number of fused-ring (bicyclic) bond motifs is 1. The lowest BCUT2D eigenvalue weighted by atomic mass is 10.1. The average Bonchev–Trinajstić information content (AvgIpc) is 2.76. The van der Waals surface area contributed by atoms with Crippen molar-refractivity contribution in [2.24, 2.45) is 0 Å². The van der Waals surface area contributed by atoms with Crippen LogP contribution in [0.5, 0.6) is 0 Å². The number of rotatable bonds is 3. The summed E-state index contributed by atoms with van der Waals surface area (Å²) in [6.45, 7) is 3.05. The molecule has 0 aliphatic heterocycles. The summed E-state index contributed by atoms with van der Waals surface area (Å²) in [5.41, 5.74) is 3.22. The van der Waals surface area contributed by atoms with Crippen LogP contribution in [0.1, 0.15) is 43.9 Å². The Bertz CT molecular complexity index is 606. The van der Waals surface area contributed by atoms with Gasteiger partial charge < -0.3 is 0 Å². The topological polar surface area (TPSA) is 43.6 Å². The molecule has 3 rings (SSSR count). The van der Waals surface area contributed by atoms with Crippen molar-refractivity contribution in [2.45, 2.75) is 52.0 Å². The number of aryl methyl sites for hydroxylation is 2. The van der Waals surface area contributed by atoms with Crippen molar-refractivity contribution >= 4 is 11.6 Å². The van der Waals surface area contributed by atoms with Gasteiger partial charge in [-0.3, -0.25) is 4.68 Å². The molecule has 0 unspecified atom stereocenters. The first-order valence-electron chi connectivity index (χ1n) is 7.36. The SMILES string of the molecule is CCCn1cc(-c2nc(Cl)c3c(n2)CCCCC3)cn1. The van der Waals surface area contributed by atoms with E-state index < -0.39 is 0 Å². The van der Waals surface area contributed by atoms with Crippen LogP contribution in [-0.2, 0) is 19.4 Å². The largest absolute Gasteiger partial charge is 0.272 e. The number of nitrogens with zero attached hydrogens (tertiary/aromatic N) is 4. The standard InChI is InChI=1S/C15H19ClN4/c1-2-8-20-10-11(9-17-20)15-18-13-7-5-3-4-6-12(13)14(16)19-15/h9-10H,2-8H2,1H3. The molecule has 2 aromatic rings. The van der Waals surface area contributed by atoms with Gasteiger partial charge >= 0.3 is 0 Å². The molecule has 0 amide bonds. The Morgan fingerprint density at radius 2 is 2.05 bits per heavy atom. The molecule has 0 spiro atoms. The normalized spacial score (nSPS) is 14.9. The molecule has 0 radical (unpaired) electrons. The zero-order valence-corrected chi connectivity index (χ0v) is 12.5. The maximum absolute atomic E-state index is 6.36. The second kappa shape index (κ2) is 5.92. The predicted molar refractivity (Wildman–Crippen MR) is 79.8 cm³/mol. The van der Waals surface area contributed by atoms with Gasteiger partial charge in [0.15, 0.2) is 5.82 Å². The van der Waals surface area contributed by atoms with Gasteiger partial charge in [0.1, 0.15) is 5.15 Å². The van der Waals surface area contributed by atoms with Crippen LogP contribution in [0, 0.1) is 0 Å². The van der Waals surface area contributed by atoms with E-state index in [9.17, 15) is 0 Å². The van der Waals surface area contributed by atoms with Crippen molar-refractivity contribution in [1.29, 1.82) is 0 Å². The van der Waals surface area contributed by atoms with Gasteiger partial charge in [-0.25, -0.2) is 9.97 Å². The molecule has 0 fully saturated rings. The highest BCUT2D eigenvalue weighted by molar-refractivity contribution is 6.30. The Labute approximate surface area is 124 Å². The summed E-state index contributed by atoms with van der Waals surface area (Å²) in [7, 11) is 0. The van der Waals surface area contributed by atoms with Gasteiger partial charge in [0.2, 0.25) is 0 Å². The fourth-order valence-corrected chi connectivity index (χ4v) is 2.97. The molecule has 4 nitrogen and oxygen atoms in total. The quantitative estimate of drug-likeness (QED) is 0.640. The predicted octanol–water partition coefficient (Wildman–Crippen LogP) is 3.67. The molecule has 0 atom stereocenters. The fourth-order valence-electron chi connectivity index (χ4n) is 2.68. The van der Waals surface area contributed by atoms with E-state index in [1.54, 1.807) is 0 Å². The van der Waals surface area contributed by atoms with Crippen LogP contribution in [0.3, 0.4) is 0 Å². The Balaban J connectivity index is 1.97. The van der Waals surface area contributed by atoms with Gasteiger partial charge in [-0.1, -0.05) is 24.9 Å². The van der Waals surface area contributed by atoms with E-state index in [1.807, 2.05) is 17.1 Å². The molecule has 0 saturated carbocycles. The minimum absolute atomic E-state index is 0.621. The van der Waals surface area contributed by atoms with E-state index in [2.05, 4.69) is 17.0 Å². The molecule has 0 aromatic carbocycles. The van der Waals surface area contributed by atoms with E-state index in [4.69, 9.17) is 16.6 Å². The van der Waals surface area contributed by atoms with Gasteiger partial charge in [-0.2, -0.15) is 5.10 Å². The van der Waals surface area contributed by atoms with Crippen molar-refractivity contribution in [1.82, 2.24) is 19.7 Å². The minimum atomic E-state index is 0.621. The average molecular weight is 291 g/mol. The second-order valence-corrected chi connectivity index (χ2v) is 5.67. The van der Waals surface area contributed by atoms with E-state index in [1.165, 1.54) is 19.3 Å². The lowest BCUT2D eigenvalue weighted by Gasteiger charge is -2.08. The number of halogens is 1. The highest BCUT2D eigenvalue weighted by Crippen LogP contribution is 2.27. The minimum Gasteiger partial charge on any atom is -0.272 e. The van der Waals surface area contributed by atoms with Crippen LogP contribution in [-0.4, -0.2) is 19.7 Å². The maximum atomic E-state index is 6.36. The van der Waals surface area contributed by atoms with Crippen LogP contribution >= 0.6 is 11.6 Å². The molecule has 2 aromatic heterocycles. The Morgan fingerprint density at radius 3 is 2.90 bits per heavy atom. The summed E-state index contributed by atoms with van der Waals surface area (Å²) in [5.74, 6) is 0.706. The van der Waals surface area contributed by atoms with Gasteiger partial charge in [0.25, 0.3) is 0 Å². The number of hydrogen-bond acceptors (Lipinski definition) is 3. The van der Waals surface area contributed by atoms with Crippen molar-refractivity contribution in [3.05, 3.63) is 28.8 Å². The Hall–Kier alpha value is -1.42. The molecule has 2 heterocycles. The first kappa shape index (κ1) is 13.6. The third-order valence-electron chi connectivity index (χ3n) is 3.73. The lowest BCUT2D eigenvalue weighted by Crippen LogP contribution is -2.02. The molecule has 5 heteroatoms. The summed E-state index contributed by atoms with van der Waals surface area (Å²) in [6.07, 6.45) is 10.5. The van der Waals surface area contributed by atoms with Crippen molar-refractivity contribution in [3.63, 3.8) is 0 Å². The van der Waals surface area contributed by atoms with E-state index in [-0.39, 0.29) is 0 Å². The van der Waals surface area contributed by atoms with Gasteiger partial charge in [-0.15, -0.1) is 0 Å². The van der Waals surface area contributed by atoms with Crippen LogP contribution in [0.4, 0.5) is 0 Å². The molecule has 1 aliphatic carbocycles. The zero-order valence-electron chi connectivity index (χ0n) is 11.8. The highest BCUT2D eigenvalue weighted by atomic mass is 35.5. The van der Waals surface area contributed by atoms with Crippen LogP contribution in [0.2, 0.25) is 5.15 Å². The molecule has 0 N–H and O–H groups in total. The maximum Gasteiger partial charge on any atom is 0.164 e. The van der Waals surface area contributed by atoms with Gasteiger partial charge in [-0.05, 0) is 32.1 Å². The molecule has 20 heavy (non-hydrogen) atoms. The molecular formula is C15H19ClN4. The van der Waals surface area contributed by atoms with Gasteiger partial charge in [0, 0.05) is 24.0 Å². The molecule has 0 saturated heterocycles. The fraction of sp³-hybridized carbons (Fsp3) is 0.533. The monoisotopic (exact) mass is 290 g/mol. The van der Waals surface area contributed by atoms with E-state index in [0.717, 1.165) is 42.6 Å². The summed E-state index contributed by atoms with van der Waals surface area (Å²) >= 11 is 6.36. The van der Waals surface area contributed by atoms with E-state index >= 15 is 0 Å². The molecule has 1 aliphatic rings. The third kappa shape index (κ3) is 2.70. The van der Waals surface area contributed by atoms with Crippen molar-refractivity contribution in [2.75, 3.05) is 0 Å². The smallest absolute Gasteiger partial charge is 0.164 e. The Morgan fingerprint density at radius 1 is 1.20 bits per heavy atom. The number of hydrogen-bond donors (Lipinski definition) is 0. The zero-order chi connectivity index (χ0) is 13.9. The number of aromatic nitrogens is 4. The van der Waals surface area contributed by atoms with Crippen molar-refractivity contribution in [3.8, 4) is 11.4 Å². The van der Waals surface area contributed by atoms with E-state index in [0.29, 0.717) is 11.0 Å². The Kier molecular flexibility index (Phi) is 4.01. The third-order valence-corrected chi connectivity index (χ3v) is 4.04. The first-order valence-corrected chi connectivity index (χ1v) is 7.74. The van der Waals surface area contributed by atoms with Crippen molar-refractivity contribution < 1.29 is 0 Å². The second-order valence-electron chi connectivity index (χ2n) is 5.32. The summed E-state index contributed by atoms with van der Waals surface area (Å²) < 4.78 is 1.93. The van der Waals surface area contributed by atoms with Crippen LogP contribution < -0.4 is 0 Å². The molecule has 106 valence electrons.